The molecule has 0 atom stereocenters. The maximum absolute atomic E-state index is 12.2. The number of nitrogens with two attached hydrogens (primary N) is 1. The average Bonchev–Trinajstić information content (AvgIpc) is 3.20. The molecule has 10 heteroatoms. The zero-order valence-corrected chi connectivity index (χ0v) is 18.8. The number of halogens is 1. The summed E-state index contributed by atoms with van der Waals surface area (Å²) in [7, 11) is 0. The largest absolute Gasteiger partial charge is 0.382 e. The van der Waals surface area contributed by atoms with E-state index in [2.05, 4.69) is 14.5 Å². The summed E-state index contributed by atoms with van der Waals surface area (Å²) in [6.07, 6.45) is 3.25. The summed E-state index contributed by atoms with van der Waals surface area (Å²) in [4.78, 5) is 33.5. The molecule has 0 aliphatic rings. The van der Waals surface area contributed by atoms with Gasteiger partial charge in [-0.05, 0) is 31.0 Å². The third-order valence-corrected chi connectivity index (χ3v) is 5.84. The predicted molar refractivity (Wildman–Crippen MR) is 128 cm³/mol. The molecule has 0 saturated carbocycles. The van der Waals surface area contributed by atoms with Crippen molar-refractivity contribution < 1.29 is 9.72 Å². The highest BCUT2D eigenvalue weighted by atomic mass is 35.5. The van der Waals surface area contributed by atoms with Crippen LogP contribution in [-0.2, 0) is 17.9 Å². The molecule has 2 heterocycles. The molecule has 2 aromatic heterocycles. The Hall–Kier alpha value is -3.72. The number of nitrogens with zero attached hydrogens (tertiary/aromatic N) is 5. The van der Waals surface area contributed by atoms with Crippen molar-refractivity contribution in [3.63, 3.8) is 0 Å². The molecule has 170 valence electrons. The van der Waals surface area contributed by atoms with Crippen LogP contribution >= 0.6 is 11.6 Å². The molecule has 33 heavy (non-hydrogen) atoms. The quantitative estimate of drug-likeness (QED) is 0.231. The summed E-state index contributed by atoms with van der Waals surface area (Å²) in [6.45, 7) is 2.75. The van der Waals surface area contributed by atoms with Gasteiger partial charge in [0.15, 0.2) is 5.82 Å². The molecule has 0 aliphatic heterocycles. The number of pyridine rings is 1. The second kappa shape index (κ2) is 9.41. The van der Waals surface area contributed by atoms with Gasteiger partial charge in [-0.25, -0.2) is 9.97 Å². The molecular weight excluding hydrogens is 444 g/mol. The number of fused-ring (bicyclic) bond motifs is 3. The van der Waals surface area contributed by atoms with Crippen LogP contribution in [0.2, 0.25) is 5.02 Å². The maximum Gasteiger partial charge on any atom is 0.274 e. The van der Waals surface area contributed by atoms with Crippen LogP contribution in [0.4, 0.5) is 11.5 Å². The van der Waals surface area contributed by atoms with E-state index in [1.807, 2.05) is 24.3 Å². The number of benzene rings is 2. The molecule has 2 N–H and O–H groups in total. The first-order chi connectivity index (χ1) is 15.8. The van der Waals surface area contributed by atoms with Crippen LogP contribution in [0.3, 0.4) is 0 Å². The minimum atomic E-state index is -0.459. The molecule has 0 spiro atoms. The lowest BCUT2D eigenvalue weighted by atomic mass is 10.1. The van der Waals surface area contributed by atoms with Crippen LogP contribution in [0.1, 0.15) is 25.3 Å². The van der Waals surface area contributed by atoms with E-state index in [1.165, 1.54) is 25.1 Å². The van der Waals surface area contributed by atoms with Crippen molar-refractivity contribution in [1.82, 2.24) is 19.4 Å². The van der Waals surface area contributed by atoms with Crippen LogP contribution < -0.4 is 5.73 Å². The number of carbonyl (C=O) groups excluding carboxylic acids is 1. The smallest absolute Gasteiger partial charge is 0.274 e. The van der Waals surface area contributed by atoms with Gasteiger partial charge < -0.3 is 15.2 Å². The fourth-order valence-electron chi connectivity index (χ4n) is 3.97. The number of nitro benzene ring substituents is 1. The number of para-hydroxylation sites is 1. The summed E-state index contributed by atoms with van der Waals surface area (Å²) in [5.74, 6) is 0.246. The zero-order chi connectivity index (χ0) is 23.5. The molecule has 4 aromatic rings. The van der Waals surface area contributed by atoms with Crippen LogP contribution in [0.5, 0.6) is 0 Å². The van der Waals surface area contributed by atoms with Gasteiger partial charge in [0.05, 0.1) is 34.4 Å². The lowest BCUT2D eigenvalue weighted by molar-refractivity contribution is -0.385. The number of unbranched alkanes of at least 4 members (excludes halogenated alkanes) is 1. The van der Waals surface area contributed by atoms with E-state index in [0.717, 1.165) is 22.8 Å². The Kier molecular flexibility index (Phi) is 6.41. The summed E-state index contributed by atoms with van der Waals surface area (Å²) in [5.41, 5.74) is 8.89. The van der Waals surface area contributed by atoms with E-state index < -0.39 is 4.92 Å². The van der Waals surface area contributed by atoms with Gasteiger partial charge in [-0.3, -0.25) is 14.9 Å². The first-order valence-corrected chi connectivity index (χ1v) is 10.9. The molecule has 0 radical (unpaired) electrons. The van der Waals surface area contributed by atoms with Crippen LogP contribution in [0.15, 0.2) is 48.8 Å². The lowest BCUT2D eigenvalue weighted by Gasteiger charge is -2.21. The van der Waals surface area contributed by atoms with Gasteiger partial charge in [-0.1, -0.05) is 29.8 Å². The van der Waals surface area contributed by atoms with Crippen molar-refractivity contribution in [3.05, 3.63) is 69.5 Å². The van der Waals surface area contributed by atoms with E-state index in [0.29, 0.717) is 41.4 Å². The maximum atomic E-state index is 12.2. The van der Waals surface area contributed by atoms with E-state index in [9.17, 15) is 14.9 Å². The number of amides is 1. The monoisotopic (exact) mass is 466 g/mol. The highest BCUT2D eigenvalue weighted by Gasteiger charge is 2.19. The fraction of sp³-hybridized carbons (Fsp3) is 0.261. The Labute approximate surface area is 194 Å². The van der Waals surface area contributed by atoms with Crippen molar-refractivity contribution >= 4 is 50.9 Å². The normalized spacial score (nSPS) is 11.2. The molecule has 0 fully saturated rings. The van der Waals surface area contributed by atoms with E-state index in [1.54, 1.807) is 11.2 Å². The second-order valence-electron chi connectivity index (χ2n) is 7.83. The number of nitro groups is 1. The van der Waals surface area contributed by atoms with Gasteiger partial charge in [0, 0.05) is 36.5 Å². The standard InChI is InChI=1S/C23H23ClN6O3/c1-15(31)28(13-16-12-17(24)8-9-20(16)30(32)33)10-4-5-11-29-14-26-21-22(29)18-6-2-3-7-19(18)27-23(21)25/h2-3,6-9,12,14H,4-5,10-11,13H2,1H3,(H2,25,27). The number of aromatic nitrogens is 3. The highest BCUT2D eigenvalue weighted by Crippen LogP contribution is 2.27. The highest BCUT2D eigenvalue weighted by molar-refractivity contribution is 6.30. The average molecular weight is 467 g/mol. The summed E-state index contributed by atoms with van der Waals surface area (Å²) >= 11 is 6.02. The molecule has 0 aliphatic carbocycles. The Bertz CT molecular complexity index is 1350. The van der Waals surface area contributed by atoms with Crippen LogP contribution in [0.25, 0.3) is 21.9 Å². The predicted octanol–water partition coefficient (Wildman–Crippen LogP) is 4.56. The van der Waals surface area contributed by atoms with Crippen molar-refractivity contribution in [2.75, 3.05) is 12.3 Å². The van der Waals surface area contributed by atoms with E-state index in [4.69, 9.17) is 17.3 Å². The topological polar surface area (TPSA) is 120 Å². The molecule has 0 unspecified atom stereocenters. The van der Waals surface area contributed by atoms with Crippen molar-refractivity contribution in [2.45, 2.75) is 32.9 Å². The Morgan fingerprint density at radius 2 is 2.03 bits per heavy atom. The van der Waals surface area contributed by atoms with Crippen molar-refractivity contribution in [1.29, 1.82) is 0 Å². The van der Waals surface area contributed by atoms with Gasteiger partial charge in [-0.2, -0.15) is 0 Å². The number of anilines is 1. The molecule has 0 bridgehead atoms. The minimum Gasteiger partial charge on any atom is -0.382 e. The van der Waals surface area contributed by atoms with Gasteiger partial charge >= 0.3 is 0 Å². The molecular formula is C23H23ClN6O3. The molecule has 0 saturated heterocycles. The number of carbonyl (C=O) groups is 1. The zero-order valence-electron chi connectivity index (χ0n) is 18.1. The van der Waals surface area contributed by atoms with Gasteiger partial charge in [0.1, 0.15) is 5.52 Å². The van der Waals surface area contributed by atoms with E-state index in [-0.39, 0.29) is 18.1 Å². The molecule has 4 rings (SSSR count). The van der Waals surface area contributed by atoms with Gasteiger partial charge in [0.25, 0.3) is 5.69 Å². The second-order valence-corrected chi connectivity index (χ2v) is 8.26. The summed E-state index contributed by atoms with van der Waals surface area (Å²) in [5, 5.41) is 12.7. The number of aryl methyl sites for hydroxylation is 1. The number of hydrogen-bond donors (Lipinski definition) is 1. The first kappa shape index (κ1) is 22.5. The third-order valence-electron chi connectivity index (χ3n) is 5.60. The lowest BCUT2D eigenvalue weighted by Crippen LogP contribution is -2.29. The minimum absolute atomic E-state index is 0.0476. The SMILES string of the molecule is CC(=O)N(CCCCn1cnc2c(N)nc3ccccc3c21)Cc1cc(Cl)ccc1[N+](=O)[O-]. The van der Waals surface area contributed by atoms with Crippen LogP contribution in [-0.4, -0.2) is 36.8 Å². The Morgan fingerprint density at radius 1 is 1.24 bits per heavy atom. The summed E-state index contributed by atoms with van der Waals surface area (Å²) < 4.78 is 2.05. The Morgan fingerprint density at radius 3 is 2.79 bits per heavy atom. The van der Waals surface area contributed by atoms with Crippen LogP contribution in [0, 0.1) is 10.1 Å². The first-order valence-electron chi connectivity index (χ1n) is 10.5. The fourth-order valence-corrected chi connectivity index (χ4v) is 4.17. The summed E-state index contributed by atoms with van der Waals surface area (Å²) in [6, 6.07) is 12.2. The third kappa shape index (κ3) is 4.73. The van der Waals surface area contributed by atoms with Crippen molar-refractivity contribution in [3.8, 4) is 0 Å². The molecule has 1 amide bonds. The van der Waals surface area contributed by atoms with E-state index >= 15 is 0 Å². The number of imidazole rings is 1. The Balaban J connectivity index is 1.46. The van der Waals surface area contributed by atoms with Gasteiger partial charge in [-0.15, -0.1) is 0 Å². The number of rotatable bonds is 8. The number of hydrogen-bond acceptors (Lipinski definition) is 6. The molecule has 2 aromatic carbocycles. The van der Waals surface area contributed by atoms with Gasteiger partial charge in [0.2, 0.25) is 5.91 Å². The van der Waals surface area contributed by atoms with Crippen molar-refractivity contribution in [2.24, 2.45) is 0 Å². The number of nitrogen functional groups attached to an aromatic ring is 1. The molecule has 9 nitrogen and oxygen atoms in total.